The van der Waals surface area contributed by atoms with E-state index in [0.717, 1.165) is 42.5 Å². The number of nitrogens with zero attached hydrogens (tertiary/aromatic N) is 2. The third kappa shape index (κ3) is 3.23. The maximum absolute atomic E-state index is 6.24. The molecule has 0 bridgehead atoms. The van der Waals surface area contributed by atoms with Gasteiger partial charge in [0.2, 0.25) is 0 Å². The fraction of sp³-hybridized carbons (Fsp3) is 0.750. The van der Waals surface area contributed by atoms with Crippen LogP contribution in [0.25, 0.3) is 0 Å². The summed E-state index contributed by atoms with van der Waals surface area (Å²) in [5.74, 6) is 0. The zero-order valence-electron chi connectivity index (χ0n) is 10.9. The average molecular weight is 274 g/mol. The second-order valence-electron chi connectivity index (χ2n) is 4.40. The minimum absolute atomic E-state index is 0.136. The van der Waals surface area contributed by atoms with Crippen molar-refractivity contribution in [3.8, 4) is 0 Å². The van der Waals surface area contributed by atoms with Gasteiger partial charge in [-0.15, -0.1) is 0 Å². The Morgan fingerprint density at radius 3 is 3.06 bits per heavy atom. The van der Waals surface area contributed by atoms with Gasteiger partial charge >= 0.3 is 0 Å². The van der Waals surface area contributed by atoms with Crippen LogP contribution in [-0.2, 0) is 29.5 Å². The predicted octanol–water partition coefficient (Wildman–Crippen LogP) is 1.14. The van der Waals surface area contributed by atoms with Crippen LogP contribution >= 0.6 is 11.6 Å². The van der Waals surface area contributed by atoms with Crippen molar-refractivity contribution in [3.05, 3.63) is 16.4 Å². The summed E-state index contributed by atoms with van der Waals surface area (Å²) < 4.78 is 13.0. The quantitative estimate of drug-likeness (QED) is 0.874. The first-order valence-corrected chi connectivity index (χ1v) is 6.70. The smallest absolute Gasteiger partial charge is 0.0933 e. The number of hydrogen-bond donors (Lipinski definition) is 1. The number of nitrogens with one attached hydrogen (secondary N) is 1. The van der Waals surface area contributed by atoms with Crippen molar-refractivity contribution in [1.29, 1.82) is 0 Å². The Kier molecular flexibility index (Phi) is 5.00. The monoisotopic (exact) mass is 273 g/mol. The summed E-state index contributed by atoms with van der Waals surface area (Å²) in [5, 5.41) is 8.35. The van der Waals surface area contributed by atoms with Gasteiger partial charge in [0.1, 0.15) is 0 Å². The van der Waals surface area contributed by atoms with E-state index in [1.165, 1.54) is 0 Å². The topological polar surface area (TPSA) is 48.3 Å². The molecule has 1 saturated heterocycles. The molecule has 0 radical (unpaired) electrons. The SMILES string of the molecule is CCc1nn(C)c(COCC2CNCCO2)c1Cl. The highest BCUT2D eigenvalue weighted by Gasteiger charge is 2.16. The Balaban J connectivity index is 1.84. The second kappa shape index (κ2) is 6.52. The molecule has 5 nitrogen and oxygen atoms in total. The summed E-state index contributed by atoms with van der Waals surface area (Å²) >= 11 is 6.24. The van der Waals surface area contributed by atoms with Crippen molar-refractivity contribution in [2.45, 2.75) is 26.1 Å². The van der Waals surface area contributed by atoms with Gasteiger partial charge in [0.25, 0.3) is 0 Å². The molecule has 0 amide bonds. The fourth-order valence-corrected chi connectivity index (χ4v) is 2.34. The van der Waals surface area contributed by atoms with E-state index in [2.05, 4.69) is 10.4 Å². The number of rotatable bonds is 5. The first-order chi connectivity index (χ1) is 8.72. The van der Waals surface area contributed by atoms with E-state index < -0.39 is 0 Å². The largest absolute Gasteiger partial charge is 0.373 e. The highest BCUT2D eigenvalue weighted by Crippen LogP contribution is 2.21. The lowest BCUT2D eigenvalue weighted by Crippen LogP contribution is -2.41. The summed E-state index contributed by atoms with van der Waals surface area (Å²) in [6.45, 7) is 5.61. The van der Waals surface area contributed by atoms with Gasteiger partial charge in [0.05, 0.1) is 42.3 Å². The molecule has 0 aliphatic carbocycles. The number of ether oxygens (including phenoxy) is 2. The van der Waals surface area contributed by atoms with Gasteiger partial charge in [-0.05, 0) is 6.42 Å². The Morgan fingerprint density at radius 1 is 1.61 bits per heavy atom. The summed E-state index contributed by atoms with van der Waals surface area (Å²) in [6, 6.07) is 0. The van der Waals surface area contributed by atoms with Crippen molar-refractivity contribution >= 4 is 11.6 Å². The molecule has 0 aromatic carbocycles. The predicted molar refractivity (Wildman–Crippen MR) is 69.9 cm³/mol. The van der Waals surface area contributed by atoms with Gasteiger partial charge in [0, 0.05) is 20.1 Å². The van der Waals surface area contributed by atoms with Crippen LogP contribution < -0.4 is 5.32 Å². The molecule has 2 rings (SSSR count). The summed E-state index contributed by atoms with van der Waals surface area (Å²) in [5.41, 5.74) is 1.85. The fourth-order valence-electron chi connectivity index (χ4n) is 1.99. The molecule has 18 heavy (non-hydrogen) atoms. The standard InChI is InChI=1S/C12H20ClN3O2/c1-3-10-12(13)11(16(2)15-10)8-17-7-9-6-14-4-5-18-9/h9,14H,3-8H2,1-2H3. The van der Waals surface area contributed by atoms with E-state index >= 15 is 0 Å². The molecular formula is C12H20ClN3O2. The molecule has 1 aliphatic rings. The molecule has 1 N–H and O–H groups in total. The first-order valence-electron chi connectivity index (χ1n) is 6.32. The maximum Gasteiger partial charge on any atom is 0.0933 e. The summed E-state index contributed by atoms with van der Waals surface area (Å²) in [7, 11) is 1.89. The maximum atomic E-state index is 6.24. The Labute approximate surface area is 112 Å². The van der Waals surface area contributed by atoms with Crippen molar-refractivity contribution in [3.63, 3.8) is 0 Å². The minimum atomic E-state index is 0.136. The van der Waals surface area contributed by atoms with E-state index in [1.54, 1.807) is 4.68 Å². The van der Waals surface area contributed by atoms with Gasteiger partial charge in [-0.3, -0.25) is 4.68 Å². The molecular weight excluding hydrogens is 254 g/mol. The molecule has 1 atom stereocenters. The molecule has 6 heteroatoms. The van der Waals surface area contributed by atoms with Crippen LogP contribution in [0.5, 0.6) is 0 Å². The van der Waals surface area contributed by atoms with E-state index in [-0.39, 0.29) is 6.10 Å². The van der Waals surface area contributed by atoms with E-state index in [1.807, 2.05) is 14.0 Å². The lowest BCUT2D eigenvalue weighted by molar-refractivity contribution is -0.0367. The highest BCUT2D eigenvalue weighted by molar-refractivity contribution is 6.31. The Morgan fingerprint density at radius 2 is 2.44 bits per heavy atom. The third-order valence-electron chi connectivity index (χ3n) is 3.05. The zero-order chi connectivity index (χ0) is 13.0. The van der Waals surface area contributed by atoms with Crippen LogP contribution in [0.15, 0.2) is 0 Å². The van der Waals surface area contributed by atoms with Crippen molar-refractivity contribution < 1.29 is 9.47 Å². The van der Waals surface area contributed by atoms with Gasteiger partial charge in [0.15, 0.2) is 0 Å². The van der Waals surface area contributed by atoms with E-state index in [9.17, 15) is 0 Å². The molecule has 1 aliphatic heterocycles. The number of aryl methyl sites for hydroxylation is 2. The molecule has 1 aromatic heterocycles. The van der Waals surface area contributed by atoms with Crippen LogP contribution in [0.4, 0.5) is 0 Å². The highest BCUT2D eigenvalue weighted by atomic mass is 35.5. The average Bonchev–Trinajstić information content (AvgIpc) is 2.67. The van der Waals surface area contributed by atoms with E-state index in [4.69, 9.17) is 21.1 Å². The van der Waals surface area contributed by atoms with Crippen LogP contribution in [0, 0.1) is 0 Å². The third-order valence-corrected chi connectivity index (χ3v) is 3.49. The van der Waals surface area contributed by atoms with Crippen LogP contribution in [-0.4, -0.2) is 42.2 Å². The lowest BCUT2D eigenvalue weighted by Gasteiger charge is -2.23. The van der Waals surface area contributed by atoms with Gasteiger partial charge in [-0.2, -0.15) is 5.10 Å². The van der Waals surface area contributed by atoms with Crippen LogP contribution in [0.1, 0.15) is 18.3 Å². The van der Waals surface area contributed by atoms with Crippen molar-refractivity contribution in [2.75, 3.05) is 26.3 Å². The van der Waals surface area contributed by atoms with Gasteiger partial charge in [-0.1, -0.05) is 18.5 Å². The van der Waals surface area contributed by atoms with E-state index in [0.29, 0.717) is 13.2 Å². The summed E-state index contributed by atoms with van der Waals surface area (Å²) in [6.07, 6.45) is 0.971. The molecule has 2 heterocycles. The van der Waals surface area contributed by atoms with Crippen molar-refractivity contribution in [1.82, 2.24) is 15.1 Å². The van der Waals surface area contributed by atoms with Crippen LogP contribution in [0.3, 0.4) is 0 Å². The minimum Gasteiger partial charge on any atom is -0.373 e. The number of aromatic nitrogens is 2. The molecule has 102 valence electrons. The first kappa shape index (κ1) is 13.8. The van der Waals surface area contributed by atoms with Crippen molar-refractivity contribution in [2.24, 2.45) is 7.05 Å². The summed E-state index contributed by atoms with van der Waals surface area (Å²) in [4.78, 5) is 0. The second-order valence-corrected chi connectivity index (χ2v) is 4.77. The number of hydrogen-bond acceptors (Lipinski definition) is 4. The number of halogens is 1. The molecule has 0 saturated carbocycles. The Hall–Kier alpha value is -0.620. The van der Waals surface area contributed by atoms with Gasteiger partial charge in [-0.25, -0.2) is 0 Å². The molecule has 1 fully saturated rings. The number of morpholine rings is 1. The molecule has 0 spiro atoms. The normalized spacial score (nSPS) is 20.3. The van der Waals surface area contributed by atoms with Gasteiger partial charge < -0.3 is 14.8 Å². The molecule has 1 unspecified atom stereocenters. The zero-order valence-corrected chi connectivity index (χ0v) is 11.7. The lowest BCUT2D eigenvalue weighted by atomic mass is 10.3. The Bertz CT molecular complexity index is 389. The van der Waals surface area contributed by atoms with Crippen LogP contribution in [0.2, 0.25) is 5.02 Å². The molecule has 1 aromatic rings.